The van der Waals surface area contributed by atoms with E-state index in [4.69, 9.17) is 5.73 Å². The largest absolute Gasteiger partial charge is 0.330 e. The molecule has 3 rings (SSSR count). The molecule has 0 amide bonds. The summed E-state index contributed by atoms with van der Waals surface area (Å²) >= 11 is 0. The predicted molar refractivity (Wildman–Crippen MR) is 66.6 cm³/mol. The van der Waals surface area contributed by atoms with Crippen molar-refractivity contribution in [2.45, 2.75) is 51.5 Å². The Morgan fingerprint density at radius 3 is 2.88 bits per heavy atom. The first-order valence-electron chi connectivity index (χ1n) is 6.91. The molecule has 2 aliphatic rings. The molecule has 94 valence electrons. The van der Waals surface area contributed by atoms with Crippen LogP contribution in [0.5, 0.6) is 0 Å². The fourth-order valence-electron chi connectivity index (χ4n) is 3.41. The molecular weight excluding hydrogens is 212 g/mol. The summed E-state index contributed by atoms with van der Waals surface area (Å²) in [4.78, 5) is 0. The Morgan fingerprint density at radius 1 is 1.29 bits per heavy atom. The lowest BCUT2D eigenvalue weighted by molar-refractivity contribution is 0.355. The first kappa shape index (κ1) is 11.2. The van der Waals surface area contributed by atoms with Crippen LogP contribution >= 0.6 is 0 Å². The van der Waals surface area contributed by atoms with Crippen molar-refractivity contribution in [1.82, 2.24) is 14.8 Å². The van der Waals surface area contributed by atoms with Crippen LogP contribution in [0.1, 0.15) is 50.2 Å². The van der Waals surface area contributed by atoms with Crippen molar-refractivity contribution in [3.05, 3.63) is 11.6 Å². The van der Waals surface area contributed by atoms with Gasteiger partial charge in [0, 0.05) is 18.9 Å². The Kier molecular flexibility index (Phi) is 2.90. The summed E-state index contributed by atoms with van der Waals surface area (Å²) in [7, 11) is 0. The summed E-state index contributed by atoms with van der Waals surface area (Å²) in [6, 6.07) is 0. The zero-order chi connectivity index (χ0) is 11.8. The number of aryl methyl sites for hydroxylation is 1. The predicted octanol–water partition coefficient (Wildman–Crippen LogP) is 1.70. The maximum Gasteiger partial charge on any atom is 0.136 e. The highest BCUT2D eigenvalue weighted by molar-refractivity contribution is 5.08. The average Bonchev–Trinajstić information content (AvgIpc) is 2.94. The number of hydrogen-bond donors (Lipinski definition) is 1. The van der Waals surface area contributed by atoms with E-state index in [-0.39, 0.29) is 0 Å². The van der Waals surface area contributed by atoms with Gasteiger partial charge in [0.2, 0.25) is 0 Å². The molecule has 1 aliphatic heterocycles. The van der Waals surface area contributed by atoms with Gasteiger partial charge in [0.15, 0.2) is 0 Å². The van der Waals surface area contributed by atoms with Gasteiger partial charge in [0.05, 0.1) is 0 Å². The number of aromatic nitrogens is 3. The number of fused-ring (bicyclic) bond motifs is 1. The van der Waals surface area contributed by atoms with Crippen molar-refractivity contribution >= 4 is 0 Å². The van der Waals surface area contributed by atoms with E-state index >= 15 is 0 Å². The molecule has 1 fully saturated rings. The molecule has 0 radical (unpaired) electrons. The zero-order valence-electron chi connectivity index (χ0n) is 10.6. The summed E-state index contributed by atoms with van der Waals surface area (Å²) in [5.74, 6) is 4.44. The second kappa shape index (κ2) is 4.41. The smallest absolute Gasteiger partial charge is 0.136 e. The fourth-order valence-corrected chi connectivity index (χ4v) is 3.41. The van der Waals surface area contributed by atoms with Crippen molar-refractivity contribution in [3.63, 3.8) is 0 Å². The molecule has 4 heteroatoms. The molecule has 3 unspecified atom stereocenters. The van der Waals surface area contributed by atoms with E-state index in [1.54, 1.807) is 0 Å². The molecule has 3 atom stereocenters. The van der Waals surface area contributed by atoms with Crippen molar-refractivity contribution < 1.29 is 0 Å². The Balaban J connectivity index is 1.89. The SMILES string of the molecule is CC1CCCC1c1nnc2n1CC(CN)CC2. The van der Waals surface area contributed by atoms with Gasteiger partial charge in [0.25, 0.3) is 0 Å². The van der Waals surface area contributed by atoms with Gasteiger partial charge in [0.1, 0.15) is 11.6 Å². The van der Waals surface area contributed by atoms with Crippen LogP contribution in [0.2, 0.25) is 0 Å². The van der Waals surface area contributed by atoms with E-state index in [2.05, 4.69) is 21.7 Å². The quantitative estimate of drug-likeness (QED) is 0.847. The average molecular weight is 234 g/mol. The number of nitrogens with two attached hydrogens (primary N) is 1. The summed E-state index contributed by atoms with van der Waals surface area (Å²) in [6.45, 7) is 4.18. The van der Waals surface area contributed by atoms with Crippen molar-refractivity contribution in [2.75, 3.05) is 6.54 Å². The highest BCUT2D eigenvalue weighted by Crippen LogP contribution is 2.39. The summed E-state index contributed by atoms with van der Waals surface area (Å²) < 4.78 is 2.37. The third kappa shape index (κ3) is 1.88. The van der Waals surface area contributed by atoms with Gasteiger partial charge >= 0.3 is 0 Å². The van der Waals surface area contributed by atoms with E-state index in [0.29, 0.717) is 11.8 Å². The second-order valence-electron chi connectivity index (χ2n) is 5.74. The van der Waals surface area contributed by atoms with Crippen LogP contribution in [0.3, 0.4) is 0 Å². The topological polar surface area (TPSA) is 56.7 Å². The Bertz CT molecular complexity index is 398. The molecule has 17 heavy (non-hydrogen) atoms. The zero-order valence-corrected chi connectivity index (χ0v) is 10.6. The molecule has 1 aromatic rings. The Morgan fingerprint density at radius 2 is 2.18 bits per heavy atom. The molecule has 0 aromatic carbocycles. The van der Waals surface area contributed by atoms with Crippen LogP contribution in [0.15, 0.2) is 0 Å². The molecule has 0 saturated heterocycles. The highest BCUT2D eigenvalue weighted by atomic mass is 15.3. The molecule has 1 aromatic heterocycles. The van der Waals surface area contributed by atoms with E-state index in [0.717, 1.165) is 25.4 Å². The maximum atomic E-state index is 5.81. The second-order valence-corrected chi connectivity index (χ2v) is 5.74. The third-order valence-electron chi connectivity index (χ3n) is 4.60. The van der Waals surface area contributed by atoms with Crippen molar-refractivity contribution in [1.29, 1.82) is 0 Å². The summed E-state index contributed by atoms with van der Waals surface area (Å²) in [5, 5.41) is 8.85. The summed E-state index contributed by atoms with van der Waals surface area (Å²) in [6.07, 6.45) is 6.19. The fraction of sp³-hybridized carbons (Fsp3) is 0.846. The minimum Gasteiger partial charge on any atom is -0.330 e. The van der Waals surface area contributed by atoms with E-state index < -0.39 is 0 Å². The minimum absolute atomic E-state index is 0.619. The van der Waals surface area contributed by atoms with Gasteiger partial charge in [-0.25, -0.2) is 0 Å². The normalized spacial score (nSPS) is 32.7. The van der Waals surface area contributed by atoms with Crippen LogP contribution < -0.4 is 5.73 Å². The van der Waals surface area contributed by atoms with Gasteiger partial charge in [-0.1, -0.05) is 13.3 Å². The first-order chi connectivity index (χ1) is 8.29. The monoisotopic (exact) mass is 234 g/mol. The Labute approximate surface area is 103 Å². The maximum absolute atomic E-state index is 5.81. The van der Waals surface area contributed by atoms with Crippen molar-refractivity contribution in [2.24, 2.45) is 17.6 Å². The molecule has 2 heterocycles. The van der Waals surface area contributed by atoms with E-state index in [1.807, 2.05) is 0 Å². The van der Waals surface area contributed by atoms with Crippen molar-refractivity contribution in [3.8, 4) is 0 Å². The van der Waals surface area contributed by atoms with E-state index in [9.17, 15) is 0 Å². The Hall–Kier alpha value is -0.900. The van der Waals surface area contributed by atoms with Gasteiger partial charge in [-0.2, -0.15) is 0 Å². The first-order valence-corrected chi connectivity index (χ1v) is 6.91. The summed E-state index contributed by atoms with van der Waals surface area (Å²) in [5.41, 5.74) is 5.81. The lowest BCUT2D eigenvalue weighted by Crippen LogP contribution is -2.28. The molecule has 0 bridgehead atoms. The van der Waals surface area contributed by atoms with Crippen LogP contribution in [0, 0.1) is 11.8 Å². The van der Waals surface area contributed by atoms with Gasteiger partial charge in [-0.3, -0.25) is 0 Å². The van der Waals surface area contributed by atoms with Crippen LogP contribution in [0.25, 0.3) is 0 Å². The minimum atomic E-state index is 0.619. The number of nitrogens with zero attached hydrogens (tertiary/aromatic N) is 3. The van der Waals surface area contributed by atoms with Crippen LogP contribution in [0.4, 0.5) is 0 Å². The van der Waals surface area contributed by atoms with Gasteiger partial charge in [-0.05, 0) is 37.6 Å². The molecule has 4 nitrogen and oxygen atoms in total. The molecule has 1 saturated carbocycles. The van der Waals surface area contributed by atoms with Gasteiger partial charge in [-0.15, -0.1) is 10.2 Å². The molecule has 1 aliphatic carbocycles. The van der Waals surface area contributed by atoms with Gasteiger partial charge < -0.3 is 10.3 Å². The standard InChI is InChI=1S/C13H22N4/c1-9-3-2-4-11(9)13-16-15-12-6-5-10(7-14)8-17(12)13/h9-11H,2-8,14H2,1H3. The number of hydrogen-bond acceptors (Lipinski definition) is 3. The van der Waals surface area contributed by atoms with Crippen LogP contribution in [-0.4, -0.2) is 21.3 Å². The highest BCUT2D eigenvalue weighted by Gasteiger charge is 2.32. The number of rotatable bonds is 2. The lowest BCUT2D eigenvalue weighted by atomic mass is 9.95. The molecule has 0 spiro atoms. The third-order valence-corrected chi connectivity index (χ3v) is 4.60. The molecular formula is C13H22N4. The van der Waals surface area contributed by atoms with E-state index in [1.165, 1.54) is 37.3 Å². The lowest BCUT2D eigenvalue weighted by Gasteiger charge is -2.25. The molecule has 2 N–H and O–H groups in total. The van der Waals surface area contributed by atoms with Crippen LogP contribution in [-0.2, 0) is 13.0 Å².